The van der Waals surface area contributed by atoms with Gasteiger partial charge in [0.25, 0.3) is 0 Å². The van der Waals surface area contributed by atoms with Crippen LogP contribution < -0.4 is 15.2 Å². The van der Waals surface area contributed by atoms with E-state index in [-0.39, 0.29) is 0 Å². The van der Waals surface area contributed by atoms with E-state index in [1.807, 2.05) is 6.07 Å². The molecule has 150 valence electrons. The van der Waals surface area contributed by atoms with Crippen molar-refractivity contribution < 1.29 is 9.47 Å². The van der Waals surface area contributed by atoms with Crippen molar-refractivity contribution in [3.63, 3.8) is 0 Å². The van der Waals surface area contributed by atoms with Gasteiger partial charge in [-0.2, -0.15) is 0 Å². The third-order valence-electron chi connectivity index (χ3n) is 5.09. The summed E-state index contributed by atoms with van der Waals surface area (Å²) in [6.45, 7) is 3.45. The summed E-state index contributed by atoms with van der Waals surface area (Å²) in [4.78, 5) is 3.78. The fourth-order valence-electron chi connectivity index (χ4n) is 3.58. The summed E-state index contributed by atoms with van der Waals surface area (Å²) in [7, 11) is 0. The van der Waals surface area contributed by atoms with Crippen molar-refractivity contribution in [1.29, 1.82) is 0 Å². The van der Waals surface area contributed by atoms with Crippen LogP contribution >= 0.6 is 11.8 Å². The highest BCUT2D eigenvalue weighted by Gasteiger charge is 2.16. The van der Waals surface area contributed by atoms with Crippen LogP contribution in [-0.4, -0.2) is 17.9 Å². The lowest BCUT2D eigenvalue weighted by Crippen LogP contribution is -2.22. The zero-order valence-electron chi connectivity index (χ0n) is 16.6. The van der Waals surface area contributed by atoms with Gasteiger partial charge >= 0.3 is 0 Å². The monoisotopic (exact) mass is 406 g/mol. The lowest BCUT2D eigenvalue weighted by molar-refractivity contribution is 0.174. The largest absolute Gasteiger partial charge is 0.454 e. The van der Waals surface area contributed by atoms with Crippen LogP contribution in [0.4, 0.5) is 0 Å². The Morgan fingerprint density at radius 2 is 1.52 bits per heavy atom. The van der Waals surface area contributed by atoms with Gasteiger partial charge in [-0.05, 0) is 46.7 Å². The topological polar surface area (TPSA) is 47.7 Å². The third-order valence-corrected chi connectivity index (χ3v) is 5.93. The Morgan fingerprint density at radius 3 is 2.31 bits per heavy atom. The van der Waals surface area contributed by atoms with E-state index in [2.05, 4.69) is 71.8 Å². The van der Waals surface area contributed by atoms with Crippen LogP contribution in [-0.2, 0) is 26.2 Å². The van der Waals surface area contributed by atoms with Crippen molar-refractivity contribution in [3.05, 3.63) is 89.0 Å². The van der Waals surface area contributed by atoms with Gasteiger partial charge in [-0.25, -0.2) is 0 Å². The molecule has 0 atom stereocenters. The van der Waals surface area contributed by atoms with Crippen molar-refractivity contribution in [3.8, 4) is 11.5 Å². The molecular formula is C24H26N2O2S. The molecule has 2 N–H and O–H groups in total. The molecule has 0 aromatic heterocycles. The molecule has 0 radical (unpaired) electrons. The molecule has 1 aliphatic heterocycles. The quantitative estimate of drug-likeness (QED) is 0.545. The molecule has 5 heteroatoms. The molecule has 0 aliphatic carbocycles. The minimum absolute atomic E-state index is 0.303. The van der Waals surface area contributed by atoms with E-state index in [1.54, 1.807) is 11.8 Å². The zero-order valence-corrected chi connectivity index (χ0v) is 17.5. The molecular weight excluding hydrogens is 380 g/mol. The van der Waals surface area contributed by atoms with Crippen molar-refractivity contribution in [2.24, 2.45) is 5.73 Å². The summed E-state index contributed by atoms with van der Waals surface area (Å²) >= 11 is 1.79. The smallest absolute Gasteiger partial charge is 0.231 e. The molecule has 3 aromatic rings. The molecule has 1 heterocycles. The molecule has 0 unspecified atom stereocenters. The molecule has 0 bridgehead atoms. The van der Waals surface area contributed by atoms with Gasteiger partial charge < -0.3 is 15.2 Å². The minimum atomic E-state index is 0.303. The van der Waals surface area contributed by atoms with E-state index >= 15 is 0 Å². The van der Waals surface area contributed by atoms with Gasteiger partial charge in [0.1, 0.15) is 0 Å². The van der Waals surface area contributed by atoms with Crippen LogP contribution in [0.2, 0.25) is 0 Å². The predicted octanol–water partition coefficient (Wildman–Crippen LogP) is 4.80. The van der Waals surface area contributed by atoms with Gasteiger partial charge in [-0.1, -0.05) is 48.5 Å². The van der Waals surface area contributed by atoms with E-state index in [4.69, 9.17) is 15.2 Å². The summed E-state index contributed by atoms with van der Waals surface area (Å²) in [5, 5.41) is 0. The molecule has 0 spiro atoms. The lowest BCUT2D eigenvalue weighted by Gasteiger charge is -2.24. The number of ether oxygens (including phenoxy) is 2. The van der Waals surface area contributed by atoms with Crippen LogP contribution in [0.25, 0.3) is 0 Å². The maximum Gasteiger partial charge on any atom is 0.231 e. The normalized spacial score (nSPS) is 12.5. The number of benzene rings is 3. The summed E-state index contributed by atoms with van der Waals surface area (Å²) in [5.74, 6) is 1.66. The van der Waals surface area contributed by atoms with Crippen molar-refractivity contribution in [1.82, 2.24) is 4.90 Å². The Kier molecular flexibility index (Phi) is 6.39. The first kappa shape index (κ1) is 19.8. The lowest BCUT2D eigenvalue weighted by atomic mass is 10.1. The fraction of sp³-hybridized carbons (Fsp3) is 0.250. The SMILES string of the molecule is CSc1ccccc1CN(Cc1ccc(CN)cc1)Cc1ccc2c(c1)OCO2. The van der Waals surface area contributed by atoms with Crippen molar-refractivity contribution >= 4 is 11.8 Å². The number of nitrogens with zero attached hydrogens (tertiary/aromatic N) is 1. The van der Waals surface area contributed by atoms with Gasteiger partial charge in [0, 0.05) is 31.1 Å². The van der Waals surface area contributed by atoms with E-state index in [9.17, 15) is 0 Å². The average Bonchev–Trinajstić information content (AvgIpc) is 3.22. The first-order valence-electron chi connectivity index (χ1n) is 9.76. The third kappa shape index (κ3) is 4.93. The number of fused-ring (bicyclic) bond motifs is 1. The molecule has 29 heavy (non-hydrogen) atoms. The molecule has 4 rings (SSSR count). The summed E-state index contributed by atoms with van der Waals surface area (Å²) in [5.41, 5.74) is 10.7. The Labute approximate surface area is 176 Å². The Morgan fingerprint density at radius 1 is 0.828 bits per heavy atom. The molecule has 4 nitrogen and oxygen atoms in total. The van der Waals surface area contributed by atoms with Gasteiger partial charge in [-0.3, -0.25) is 4.90 Å². The number of hydrogen-bond acceptors (Lipinski definition) is 5. The number of nitrogens with two attached hydrogens (primary N) is 1. The standard InChI is InChI=1S/C24H26N2O2S/c1-29-24-5-3-2-4-21(24)16-26(14-19-8-6-18(13-25)7-9-19)15-20-10-11-22-23(12-20)28-17-27-22/h2-12H,13-17,25H2,1H3. The molecule has 3 aromatic carbocycles. The van der Waals surface area contributed by atoms with E-state index in [1.165, 1.54) is 21.6 Å². The molecule has 1 aliphatic rings. The van der Waals surface area contributed by atoms with Crippen molar-refractivity contribution in [2.45, 2.75) is 31.1 Å². The summed E-state index contributed by atoms with van der Waals surface area (Å²) < 4.78 is 11.0. The maximum atomic E-state index is 5.75. The Bertz CT molecular complexity index is 959. The summed E-state index contributed by atoms with van der Waals surface area (Å²) in [6, 6.07) is 23.4. The fourth-order valence-corrected chi connectivity index (χ4v) is 4.19. The number of rotatable bonds is 8. The minimum Gasteiger partial charge on any atom is -0.454 e. The average molecular weight is 407 g/mol. The van der Waals surface area contributed by atoms with Crippen LogP contribution in [0.15, 0.2) is 71.6 Å². The van der Waals surface area contributed by atoms with Gasteiger partial charge in [0.15, 0.2) is 11.5 Å². The molecule has 0 amide bonds. The van der Waals surface area contributed by atoms with Crippen LogP contribution in [0, 0.1) is 0 Å². The van der Waals surface area contributed by atoms with E-state index in [0.717, 1.165) is 36.7 Å². The molecule has 0 saturated heterocycles. The Balaban J connectivity index is 1.57. The van der Waals surface area contributed by atoms with Gasteiger partial charge in [0.05, 0.1) is 0 Å². The maximum absolute atomic E-state index is 5.75. The van der Waals surface area contributed by atoms with Crippen LogP contribution in [0.5, 0.6) is 11.5 Å². The van der Waals surface area contributed by atoms with Crippen LogP contribution in [0.1, 0.15) is 22.3 Å². The van der Waals surface area contributed by atoms with Crippen LogP contribution in [0.3, 0.4) is 0 Å². The first-order valence-corrected chi connectivity index (χ1v) is 11.0. The highest BCUT2D eigenvalue weighted by atomic mass is 32.2. The second-order valence-corrected chi connectivity index (χ2v) is 8.01. The predicted molar refractivity (Wildman–Crippen MR) is 118 cm³/mol. The van der Waals surface area contributed by atoms with Gasteiger partial charge in [-0.15, -0.1) is 11.8 Å². The van der Waals surface area contributed by atoms with E-state index < -0.39 is 0 Å². The zero-order chi connectivity index (χ0) is 20.1. The second-order valence-electron chi connectivity index (χ2n) is 7.17. The highest BCUT2D eigenvalue weighted by Crippen LogP contribution is 2.33. The second kappa shape index (κ2) is 9.35. The van der Waals surface area contributed by atoms with Gasteiger partial charge in [0.2, 0.25) is 6.79 Å². The molecule has 0 fully saturated rings. The number of hydrogen-bond donors (Lipinski definition) is 1. The Hall–Kier alpha value is -2.47. The first-order chi connectivity index (χ1) is 14.2. The van der Waals surface area contributed by atoms with Crippen molar-refractivity contribution in [2.75, 3.05) is 13.0 Å². The summed E-state index contributed by atoms with van der Waals surface area (Å²) in [6.07, 6.45) is 2.13. The molecule has 0 saturated carbocycles. The van der Waals surface area contributed by atoms with E-state index in [0.29, 0.717) is 13.3 Å². The highest BCUT2D eigenvalue weighted by molar-refractivity contribution is 7.98. The number of thioether (sulfide) groups is 1.